The van der Waals surface area contributed by atoms with Gasteiger partial charge in [0.15, 0.2) is 0 Å². The zero-order valence-electron chi connectivity index (χ0n) is 22.2. The Morgan fingerprint density at radius 1 is 0.923 bits per heavy atom. The second-order valence-electron chi connectivity index (χ2n) is 9.24. The number of likely N-dealkylation sites (N-methyl/N-ethyl adjacent to an activating group) is 1. The molecular formula is C28H32FN7O3. The number of halogens is 1. The van der Waals surface area contributed by atoms with E-state index in [0.717, 1.165) is 22.2 Å². The molecule has 0 amide bonds. The van der Waals surface area contributed by atoms with Gasteiger partial charge in [-0.3, -0.25) is 4.57 Å². The quantitative estimate of drug-likeness (QED) is 0.286. The van der Waals surface area contributed by atoms with Crippen molar-refractivity contribution >= 4 is 11.8 Å². The first-order valence-corrected chi connectivity index (χ1v) is 12.5. The van der Waals surface area contributed by atoms with E-state index in [4.69, 9.17) is 4.74 Å². The normalized spacial score (nSPS) is 11.0. The summed E-state index contributed by atoms with van der Waals surface area (Å²) in [5, 5.41) is 6.49. The van der Waals surface area contributed by atoms with Crippen LogP contribution in [0.5, 0.6) is 5.75 Å². The monoisotopic (exact) mass is 533 g/mol. The van der Waals surface area contributed by atoms with Crippen LogP contribution < -0.4 is 26.7 Å². The molecule has 0 saturated heterocycles. The molecule has 39 heavy (non-hydrogen) atoms. The number of nitrogens with zero attached hydrogens (tertiary/aromatic N) is 5. The van der Waals surface area contributed by atoms with Crippen molar-refractivity contribution in [2.75, 3.05) is 44.9 Å². The molecule has 0 aliphatic heterocycles. The Hall–Kier alpha value is -4.51. The maximum atomic E-state index is 13.6. The number of rotatable bonds is 12. The van der Waals surface area contributed by atoms with Gasteiger partial charge in [-0.25, -0.2) is 23.5 Å². The van der Waals surface area contributed by atoms with E-state index in [1.165, 1.54) is 28.8 Å². The number of hydrogen-bond donors (Lipinski definition) is 2. The highest BCUT2D eigenvalue weighted by atomic mass is 19.1. The fourth-order valence-electron chi connectivity index (χ4n) is 3.94. The number of benzene rings is 2. The Kier molecular flexibility index (Phi) is 9.06. The maximum absolute atomic E-state index is 13.6. The van der Waals surface area contributed by atoms with Crippen molar-refractivity contribution in [2.24, 2.45) is 0 Å². The number of nitrogens with one attached hydrogen (secondary N) is 2. The molecule has 0 saturated carbocycles. The van der Waals surface area contributed by atoms with Crippen LogP contribution >= 0.6 is 0 Å². The molecule has 204 valence electrons. The van der Waals surface area contributed by atoms with Crippen molar-refractivity contribution in [3.63, 3.8) is 0 Å². The minimum atomic E-state index is -0.701. The predicted octanol–water partition coefficient (Wildman–Crippen LogP) is 2.63. The molecule has 10 nitrogen and oxygen atoms in total. The van der Waals surface area contributed by atoms with Gasteiger partial charge < -0.3 is 20.3 Å². The van der Waals surface area contributed by atoms with E-state index in [1.807, 2.05) is 38.4 Å². The van der Waals surface area contributed by atoms with Crippen molar-refractivity contribution in [3.05, 3.63) is 110 Å². The lowest BCUT2D eigenvalue weighted by Crippen LogP contribution is -2.43. The third kappa shape index (κ3) is 7.29. The summed E-state index contributed by atoms with van der Waals surface area (Å²) in [5.74, 6) is 1.14. The van der Waals surface area contributed by atoms with Gasteiger partial charge in [0.2, 0.25) is 5.95 Å². The number of ether oxygens (including phenoxy) is 1. The second-order valence-corrected chi connectivity index (χ2v) is 9.24. The van der Waals surface area contributed by atoms with Gasteiger partial charge in [0.25, 0.3) is 0 Å². The smallest absolute Gasteiger partial charge is 0.355 e. The first-order valence-electron chi connectivity index (χ1n) is 12.5. The lowest BCUT2D eigenvalue weighted by molar-refractivity contribution is 0.414. The van der Waals surface area contributed by atoms with Crippen molar-refractivity contribution in [1.29, 1.82) is 0 Å². The molecule has 4 aromatic rings. The SMILES string of the molecule is COc1ccc(Cn2c(NCc3cccnc3NCCN(C)C)nc(=O)n(Cc3ccc(F)cc3)c2=O)cc1. The molecule has 0 fully saturated rings. The molecule has 4 rings (SSSR count). The highest BCUT2D eigenvalue weighted by Crippen LogP contribution is 2.15. The first-order chi connectivity index (χ1) is 18.8. The molecule has 0 unspecified atom stereocenters. The van der Waals surface area contributed by atoms with E-state index in [9.17, 15) is 14.0 Å². The van der Waals surface area contributed by atoms with Crippen LogP contribution in [-0.4, -0.2) is 58.3 Å². The zero-order valence-corrected chi connectivity index (χ0v) is 22.2. The van der Waals surface area contributed by atoms with Gasteiger partial charge in [0, 0.05) is 31.4 Å². The number of hydrogen-bond acceptors (Lipinski definition) is 8. The van der Waals surface area contributed by atoms with Gasteiger partial charge in [-0.15, -0.1) is 0 Å². The van der Waals surface area contributed by atoms with Gasteiger partial charge in [-0.2, -0.15) is 4.98 Å². The van der Waals surface area contributed by atoms with Crippen LogP contribution in [0.4, 0.5) is 16.2 Å². The van der Waals surface area contributed by atoms with Gasteiger partial charge in [0.05, 0.1) is 20.2 Å². The molecule has 2 aromatic heterocycles. The first kappa shape index (κ1) is 27.5. The molecule has 2 aromatic carbocycles. The van der Waals surface area contributed by atoms with E-state index < -0.39 is 17.2 Å². The highest BCUT2D eigenvalue weighted by molar-refractivity contribution is 5.45. The number of anilines is 2. The summed E-state index contributed by atoms with van der Waals surface area (Å²) in [7, 11) is 5.57. The Morgan fingerprint density at radius 2 is 1.59 bits per heavy atom. The van der Waals surface area contributed by atoms with Crippen molar-refractivity contribution < 1.29 is 9.13 Å². The van der Waals surface area contributed by atoms with Crippen molar-refractivity contribution in [1.82, 2.24) is 24.0 Å². The standard InChI is InChI=1S/C28H32FN7O3/c1-34(2)16-15-31-25-22(5-4-14-30-25)17-32-26-33-27(37)36(19-20-6-10-23(29)11-7-20)28(38)35(26)18-21-8-12-24(39-3)13-9-21/h4-14H,15-19H2,1-3H3,(H,30,31)(H,32,33,37). The molecule has 2 heterocycles. The second kappa shape index (κ2) is 12.8. The van der Waals surface area contributed by atoms with Crippen LogP contribution in [0.15, 0.2) is 76.4 Å². The summed E-state index contributed by atoms with van der Waals surface area (Å²) in [5.41, 5.74) is 1.05. The van der Waals surface area contributed by atoms with E-state index in [-0.39, 0.29) is 25.6 Å². The topological polar surface area (TPSA) is 106 Å². The Labute approximate surface area is 225 Å². The van der Waals surface area contributed by atoms with Gasteiger partial charge >= 0.3 is 11.4 Å². The third-order valence-corrected chi connectivity index (χ3v) is 6.08. The molecule has 0 atom stereocenters. The third-order valence-electron chi connectivity index (χ3n) is 6.08. The average molecular weight is 534 g/mol. The van der Waals surface area contributed by atoms with Crippen LogP contribution in [0.3, 0.4) is 0 Å². The lowest BCUT2D eigenvalue weighted by atomic mass is 10.2. The predicted molar refractivity (Wildman–Crippen MR) is 149 cm³/mol. The van der Waals surface area contributed by atoms with Crippen molar-refractivity contribution in [2.45, 2.75) is 19.6 Å². The lowest BCUT2D eigenvalue weighted by Gasteiger charge is -2.17. The summed E-state index contributed by atoms with van der Waals surface area (Å²) >= 11 is 0. The number of aromatic nitrogens is 4. The molecule has 0 bridgehead atoms. The van der Waals surface area contributed by atoms with Gasteiger partial charge in [-0.05, 0) is 55.6 Å². The summed E-state index contributed by atoms with van der Waals surface area (Å²) in [6, 6.07) is 16.7. The van der Waals surface area contributed by atoms with Crippen LogP contribution in [0, 0.1) is 5.82 Å². The number of pyridine rings is 1. The molecule has 0 aliphatic rings. The minimum Gasteiger partial charge on any atom is -0.497 e. The zero-order chi connectivity index (χ0) is 27.8. The van der Waals surface area contributed by atoms with Gasteiger partial charge in [-0.1, -0.05) is 30.3 Å². The molecular weight excluding hydrogens is 501 g/mol. The Morgan fingerprint density at radius 3 is 2.26 bits per heavy atom. The summed E-state index contributed by atoms with van der Waals surface area (Å²) in [6.07, 6.45) is 1.70. The Bertz CT molecular complexity index is 1500. The van der Waals surface area contributed by atoms with Crippen molar-refractivity contribution in [3.8, 4) is 5.75 Å². The fourth-order valence-corrected chi connectivity index (χ4v) is 3.94. The van der Waals surface area contributed by atoms with Crippen LogP contribution in [0.2, 0.25) is 0 Å². The van der Waals surface area contributed by atoms with E-state index in [1.54, 1.807) is 25.4 Å². The van der Waals surface area contributed by atoms with Gasteiger partial charge in [0.1, 0.15) is 17.4 Å². The Balaban J connectivity index is 1.65. The average Bonchev–Trinajstić information content (AvgIpc) is 2.93. The highest BCUT2D eigenvalue weighted by Gasteiger charge is 2.15. The number of methoxy groups -OCH3 is 1. The van der Waals surface area contributed by atoms with Crippen LogP contribution in [0.1, 0.15) is 16.7 Å². The summed E-state index contributed by atoms with van der Waals surface area (Å²) < 4.78 is 21.1. The maximum Gasteiger partial charge on any atom is 0.355 e. The summed E-state index contributed by atoms with van der Waals surface area (Å²) in [6.45, 7) is 1.96. The van der Waals surface area contributed by atoms with E-state index in [0.29, 0.717) is 23.7 Å². The summed E-state index contributed by atoms with van der Waals surface area (Å²) in [4.78, 5) is 37.3. The molecule has 0 radical (unpaired) electrons. The molecule has 0 aliphatic carbocycles. The van der Waals surface area contributed by atoms with Crippen LogP contribution in [-0.2, 0) is 19.6 Å². The largest absolute Gasteiger partial charge is 0.497 e. The van der Waals surface area contributed by atoms with E-state index in [2.05, 4.69) is 25.5 Å². The molecule has 11 heteroatoms. The fraction of sp³-hybridized carbons (Fsp3) is 0.286. The van der Waals surface area contributed by atoms with E-state index >= 15 is 0 Å². The molecule has 0 spiro atoms. The molecule has 2 N–H and O–H groups in total. The van der Waals surface area contributed by atoms with Crippen LogP contribution in [0.25, 0.3) is 0 Å². The minimum absolute atomic E-state index is 0.0314.